The zero-order chi connectivity index (χ0) is 22.1. The molecule has 0 N–H and O–H groups in total. The van der Waals surface area contributed by atoms with Gasteiger partial charge < -0.3 is 0 Å². The summed E-state index contributed by atoms with van der Waals surface area (Å²) in [7, 11) is 0. The van der Waals surface area contributed by atoms with Crippen molar-refractivity contribution in [2.45, 2.75) is 103 Å². The van der Waals surface area contributed by atoms with Gasteiger partial charge >= 0.3 is 0 Å². The molecule has 0 unspecified atom stereocenters. The number of hydrogen-bond donors (Lipinski definition) is 0. The Bertz CT molecular complexity index is 924. The minimum Gasteiger partial charge on any atom is -0.264 e. The molecule has 2 heteroatoms. The van der Waals surface area contributed by atoms with Crippen LogP contribution in [0.15, 0.2) is 36.9 Å². The maximum atomic E-state index is 4.47. The van der Waals surface area contributed by atoms with Gasteiger partial charge in [0.25, 0.3) is 0 Å². The molecule has 8 rings (SSSR count). The van der Waals surface area contributed by atoms with Crippen molar-refractivity contribution in [1.82, 2.24) is 9.97 Å². The molecular weight excluding hydrogens is 388 g/mol. The van der Waals surface area contributed by atoms with Crippen LogP contribution in [-0.4, -0.2) is 9.97 Å². The van der Waals surface area contributed by atoms with E-state index in [9.17, 15) is 0 Å². The summed E-state index contributed by atoms with van der Waals surface area (Å²) in [5.41, 5.74) is 7.34. The van der Waals surface area contributed by atoms with Gasteiger partial charge in [0.05, 0.1) is 0 Å². The third-order valence-corrected chi connectivity index (χ3v) is 10.8. The van der Waals surface area contributed by atoms with Crippen molar-refractivity contribution in [3.05, 3.63) is 59.2 Å². The maximum absolute atomic E-state index is 4.47. The molecule has 2 saturated carbocycles. The topological polar surface area (TPSA) is 25.8 Å². The summed E-state index contributed by atoms with van der Waals surface area (Å²) >= 11 is 0. The predicted molar refractivity (Wildman–Crippen MR) is 131 cm³/mol. The summed E-state index contributed by atoms with van der Waals surface area (Å²) in [6.07, 6.45) is 19.5. The average Bonchev–Trinajstić information content (AvgIpc) is 2.80. The quantitative estimate of drug-likeness (QED) is 0.418. The fourth-order valence-corrected chi connectivity index (χ4v) is 8.66. The van der Waals surface area contributed by atoms with Crippen LogP contribution in [0.5, 0.6) is 0 Å². The van der Waals surface area contributed by atoms with E-state index in [4.69, 9.17) is 0 Å². The lowest BCUT2D eigenvalue weighted by atomic mass is 9.44. The van der Waals surface area contributed by atoms with Crippen LogP contribution in [0.4, 0.5) is 0 Å². The zero-order valence-electron chi connectivity index (χ0n) is 20.5. The third-order valence-electron chi connectivity index (χ3n) is 10.8. The highest BCUT2D eigenvalue weighted by molar-refractivity contribution is 5.42. The Morgan fingerprint density at radius 1 is 0.656 bits per heavy atom. The highest BCUT2D eigenvalue weighted by Crippen LogP contribution is 2.68. The van der Waals surface area contributed by atoms with Crippen LogP contribution < -0.4 is 0 Å². The molecule has 0 spiro atoms. The first-order valence-corrected chi connectivity index (χ1v) is 13.3. The number of rotatable bonds is 7. The maximum Gasteiger partial charge on any atom is 0.0305 e. The SMILES string of the molecule is CC1(C)[C@@H]2C[C@H]1c1cnccc1[C@H]2CCCCCC[C@@H]1c2ccncc2[C@@H]2C[C@H]1C2(C)C. The number of pyridine rings is 2. The van der Waals surface area contributed by atoms with E-state index in [-0.39, 0.29) is 0 Å². The molecule has 6 atom stereocenters. The molecule has 6 aliphatic rings. The van der Waals surface area contributed by atoms with Crippen LogP contribution in [0.3, 0.4) is 0 Å². The molecule has 2 aromatic heterocycles. The Morgan fingerprint density at radius 3 is 1.50 bits per heavy atom. The molecule has 2 heterocycles. The van der Waals surface area contributed by atoms with E-state index in [2.05, 4.69) is 62.2 Å². The van der Waals surface area contributed by atoms with Crippen LogP contribution in [0.1, 0.15) is 125 Å². The molecule has 0 radical (unpaired) electrons. The summed E-state index contributed by atoms with van der Waals surface area (Å²) in [5.74, 6) is 4.77. The second kappa shape index (κ2) is 7.40. The molecule has 170 valence electrons. The lowest BCUT2D eigenvalue weighted by Crippen LogP contribution is -2.50. The summed E-state index contributed by atoms with van der Waals surface area (Å²) < 4.78 is 0. The molecule has 0 aromatic carbocycles. The summed E-state index contributed by atoms with van der Waals surface area (Å²) in [4.78, 5) is 8.94. The number of hydrogen-bond acceptors (Lipinski definition) is 2. The summed E-state index contributed by atoms with van der Waals surface area (Å²) in [6.45, 7) is 10.00. The average molecular weight is 429 g/mol. The molecule has 2 nitrogen and oxygen atoms in total. The number of nitrogens with zero attached hydrogens (tertiary/aromatic N) is 2. The Hall–Kier alpha value is -1.70. The first-order valence-electron chi connectivity index (χ1n) is 13.3. The largest absolute Gasteiger partial charge is 0.264 e. The highest BCUT2D eigenvalue weighted by atomic mass is 14.7. The Kier molecular flexibility index (Phi) is 4.83. The monoisotopic (exact) mass is 428 g/mol. The Morgan fingerprint density at radius 2 is 1.09 bits per heavy atom. The van der Waals surface area contributed by atoms with Crippen LogP contribution in [0.2, 0.25) is 0 Å². The third kappa shape index (κ3) is 2.90. The summed E-state index contributed by atoms with van der Waals surface area (Å²) in [6, 6.07) is 4.66. The van der Waals surface area contributed by atoms with Gasteiger partial charge in [-0.3, -0.25) is 9.97 Å². The van der Waals surface area contributed by atoms with Gasteiger partial charge in [0, 0.05) is 24.8 Å². The van der Waals surface area contributed by atoms with Crippen LogP contribution in [0.25, 0.3) is 0 Å². The predicted octanol–water partition coefficient (Wildman–Crippen LogP) is 7.97. The molecule has 2 aromatic rings. The van der Waals surface area contributed by atoms with Crippen molar-refractivity contribution in [3.8, 4) is 0 Å². The smallest absolute Gasteiger partial charge is 0.0305 e. The fraction of sp³-hybridized carbons (Fsp3) is 0.667. The minimum absolute atomic E-state index is 0.470. The van der Waals surface area contributed by atoms with Gasteiger partial charge in [-0.25, -0.2) is 0 Å². The van der Waals surface area contributed by atoms with Crippen molar-refractivity contribution in [1.29, 1.82) is 0 Å². The minimum atomic E-state index is 0.470. The number of aromatic nitrogens is 2. The van der Waals surface area contributed by atoms with E-state index in [1.54, 1.807) is 22.3 Å². The molecule has 4 bridgehead atoms. The van der Waals surface area contributed by atoms with Crippen molar-refractivity contribution in [2.24, 2.45) is 22.7 Å². The van der Waals surface area contributed by atoms with Gasteiger partial charge in [-0.2, -0.15) is 0 Å². The van der Waals surface area contributed by atoms with E-state index in [0.717, 1.165) is 35.5 Å². The first-order chi connectivity index (χ1) is 15.4. The van der Waals surface area contributed by atoms with Gasteiger partial charge in [0.2, 0.25) is 0 Å². The normalized spacial score (nSPS) is 34.6. The van der Waals surface area contributed by atoms with E-state index < -0.39 is 0 Å². The van der Waals surface area contributed by atoms with Gasteiger partial charge in [0.1, 0.15) is 0 Å². The first kappa shape index (κ1) is 20.9. The molecule has 0 saturated heterocycles. The molecule has 2 fully saturated rings. The molecule has 0 aliphatic heterocycles. The number of unbranched alkanes of at least 4 members (excludes halogenated alkanes) is 3. The van der Waals surface area contributed by atoms with E-state index in [1.165, 1.54) is 51.4 Å². The second-order valence-electron chi connectivity index (χ2n) is 12.6. The molecule has 6 aliphatic carbocycles. The molecule has 32 heavy (non-hydrogen) atoms. The van der Waals surface area contributed by atoms with Crippen molar-refractivity contribution in [2.75, 3.05) is 0 Å². The van der Waals surface area contributed by atoms with E-state index in [0.29, 0.717) is 10.8 Å². The lowest BCUT2D eigenvalue weighted by Gasteiger charge is -2.60. The van der Waals surface area contributed by atoms with E-state index >= 15 is 0 Å². The van der Waals surface area contributed by atoms with Crippen molar-refractivity contribution < 1.29 is 0 Å². The fourth-order valence-electron chi connectivity index (χ4n) is 8.66. The Labute approximate surface area is 194 Å². The van der Waals surface area contributed by atoms with Gasteiger partial charge in [-0.1, -0.05) is 53.4 Å². The molecule has 0 amide bonds. The summed E-state index contributed by atoms with van der Waals surface area (Å²) in [5, 5.41) is 0. The standard InChI is InChI=1S/C30H40N2/c1-29(2)25-15-27(29)23-17-31-13-11-19(23)21(25)9-7-5-6-8-10-22-20-12-14-32-18-24(20)28-16-26(22)30(28,3)4/h11-14,17-18,21-22,25-28H,5-10,15-16H2,1-4H3/t21-,22-,25-,26-,27+,28+/m1/s1. The highest BCUT2D eigenvalue weighted by Gasteiger charge is 2.57. The van der Waals surface area contributed by atoms with Crippen molar-refractivity contribution >= 4 is 0 Å². The Balaban J connectivity index is 1.04. The zero-order valence-corrected chi connectivity index (χ0v) is 20.5. The van der Waals surface area contributed by atoms with Crippen LogP contribution >= 0.6 is 0 Å². The van der Waals surface area contributed by atoms with Gasteiger partial charge in [0.15, 0.2) is 0 Å². The van der Waals surface area contributed by atoms with Crippen LogP contribution in [-0.2, 0) is 0 Å². The second-order valence-corrected chi connectivity index (χ2v) is 12.6. The van der Waals surface area contributed by atoms with E-state index in [1.807, 2.05) is 12.4 Å². The lowest BCUT2D eigenvalue weighted by molar-refractivity contribution is -0.00962. The molecular formula is C30H40N2. The van der Waals surface area contributed by atoms with Crippen molar-refractivity contribution in [3.63, 3.8) is 0 Å². The van der Waals surface area contributed by atoms with Crippen LogP contribution in [0, 0.1) is 22.7 Å². The van der Waals surface area contributed by atoms with Gasteiger partial charge in [-0.05, 0) is 106 Å². The van der Waals surface area contributed by atoms with Gasteiger partial charge in [-0.15, -0.1) is 0 Å².